The SMILES string of the molecule is O=C(CCN1CCN(c2ccc(O)cc2)CC1)c1ccc(-c2ccccc2)cc1. The second kappa shape index (κ2) is 8.93. The lowest BCUT2D eigenvalue weighted by Gasteiger charge is -2.36. The quantitative estimate of drug-likeness (QED) is 0.636. The third kappa shape index (κ3) is 4.84. The van der Waals surface area contributed by atoms with Crippen LogP contribution in [0, 0.1) is 0 Å². The van der Waals surface area contributed by atoms with E-state index in [1.54, 1.807) is 12.1 Å². The Morgan fingerprint density at radius 2 is 1.38 bits per heavy atom. The summed E-state index contributed by atoms with van der Waals surface area (Å²) in [7, 11) is 0. The maximum atomic E-state index is 12.6. The van der Waals surface area contributed by atoms with E-state index >= 15 is 0 Å². The van der Waals surface area contributed by atoms with Gasteiger partial charge in [-0.2, -0.15) is 0 Å². The second-order valence-electron chi connectivity index (χ2n) is 7.46. The Bertz CT molecular complexity index is 929. The van der Waals surface area contributed by atoms with Gasteiger partial charge in [0.25, 0.3) is 0 Å². The smallest absolute Gasteiger partial charge is 0.164 e. The first-order chi connectivity index (χ1) is 14.2. The summed E-state index contributed by atoms with van der Waals surface area (Å²) in [5, 5.41) is 9.43. The number of carbonyl (C=O) groups excluding carboxylic acids is 1. The summed E-state index contributed by atoms with van der Waals surface area (Å²) < 4.78 is 0. The zero-order valence-corrected chi connectivity index (χ0v) is 16.5. The highest BCUT2D eigenvalue weighted by molar-refractivity contribution is 5.96. The molecule has 4 heteroatoms. The van der Waals surface area contributed by atoms with Gasteiger partial charge in [0, 0.05) is 50.4 Å². The minimum absolute atomic E-state index is 0.200. The van der Waals surface area contributed by atoms with Gasteiger partial charge >= 0.3 is 0 Å². The van der Waals surface area contributed by atoms with Crippen molar-refractivity contribution in [2.24, 2.45) is 0 Å². The average molecular weight is 386 g/mol. The maximum Gasteiger partial charge on any atom is 0.164 e. The molecule has 4 nitrogen and oxygen atoms in total. The highest BCUT2D eigenvalue weighted by Crippen LogP contribution is 2.21. The molecule has 0 bridgehead atoms. The fourth-order valence-corrected chi connectivity index (χ4v) is 3.78. The third-order valence-corrected chi connectivity index (χ3v) is 5.56. The van der Waals surface area contributed by atoms with Gasteiger partial charge in [-0.3, -0.25) is 9.69 Å². The van der Waals surface area contributed by atoms with Gasteiger partial charge in [0.15, 0.2) is 5.78 Å². The van der Waals surface area contributed by atoms with Gasteiger partial charge in [0.05, 0.1) is 0 Å². The van der Waals surface area contributed by atoms with E-state index in [-0.39, 0.29) is 5.78 Å². The van der Waals surface area contributed by atoms with E-state index in [0.29, 0.717) is 12.2 Å². The molecule has 0 atom stereocenters. The number of piperazine rings is 1. The summed E-state index contributed by atoms with van der Waals surface area (Å²) in [6.45, 7) is 4.56. The van der Waals surface area contributed by atoms with Crippen molar-refractivity contribution in [3.8, 4) is 16.9 Å². The van der Waals surface area contributed by atoms with Gasteiger partial charge in [-0.05, 0) is 35.4 Å². The van der Waals surface area contributed by atoms with Crippen molar-refractivity contribution in [3.05, 3.63) is 84.4 Å². The van der Waals surface area contributed by atoms with Gasteiger partial charge in [-0.15, -0.1) is 0 Å². The third-order valence-electron chi connectivity index (χ3n) is 5.56. The van der Waals surface area contributed by atoms with Crippen LogP contribution in [-0.2, 0) is 0 Å². The van der Waals surface area contributed by atoms with Crippen LogP contribution >= 0.6 is 0 Å². The molecule has 1 aliphatic rings. The summed E-state index contributed by atoms with van der Waals surface area (Å²) in [6.07, 6.45) is 0.546. The number of rotatable bonds is 6. The number of aromatic hydroxyl groups is 1. The maximum absolute atomic E-state index is 12.6. The Kier molecular flexibility index (Phi) is 5.92. The number of carbonyl (C=O) groups is 1. The van der Waals surface area contributed by atoms with Crippen LogP contribution in [0.1, 0.15) is 16.8 Å². The fourth-order valence-electron chi connectivity index (χ4n) is 3.78. The summed E-state index contributed by atoms with van der Waals surface area (Å²) >= 11 is 0. The van der Waals surface area contributed by atoms with E-state index in [2.05, 4.69) is 21.9 Å². The van der Waals surface area contributed by atoms with E-state index < -0.39 is 0 Å². The first-order valence-corrected chi connectivity index (χ1v) is 10.1. The van der Waals surface area contributed by atoms with Crippen LogP contribution in [0.15, 0.2) is 78.9 Å². The predicted octanol–water partition coefficient (Wildman–Crippen LogP) is 4.45. The van der Waals surface area contributed by atoms with Crippen molar-refractivity contribution < 1.29 is 9.90 Å². The van der Waals surface area contributed by atoms with Crippen molar-refractivity contribution in [2.45, 2.75) is 6.42 Å². The Morgan fingerprint density at radius 3 is 2.03 bits per heavy atom. The van der Waals surface area contributed by atoms with Crippen LogP contribution in [-0.4, -0.2) is 48.5 Å². The standard InChI is InChI=1S/C25H26N2O2/c28-24-12-10-23(11-13-24)27-18-16-26(17-19-27)15-14-25(29)22-8-6-21(7-9-22)20-4-2-1-3-5-20/h1-13,28H,14-19H2. The molecule has 1 fully saturated rings. The summed E-state index contributed by atoms with van der Waals surface area (Å²) in [5.74, 6) is 0.494. The molecule has 1 aliphatic heterocycles. The predicted molar refractivity (Wildman–Crippen MR) is 118 cm³/mol. The summed E-state index contributed by atoms with van der Waals surface area (Å²) in [4.78, 5) is 17.3. The molecule has 148 valence electrons. The zero-order chi connectivity index (χ0) is 20.1. The molecule has 0 aliphatic carbocycles. The van der Waals surface area contributed by atoms with Crippen LogP contribution in [0.2, 0.25) is 0 Å². The van der Waals surface area contributed by atoms with E-state index in [1.807, 2.05) is 54.6 Å². The van der Waals surface area contributed by atoms with E-state index in [0.717, 1.165) is 55.1 Å². The molecule has 0 aromatic heterocycles. The number of benzene rings is 3. The van der Waals surface area contributed by atoms with Gasteiger partial charge in [-0.25, -0.2) is 0 Å². The highest BCUT2D eigenvalue weighted by atomic mass is 16.3. The number of hydrogen-bond acceptors (Lipinski definition) is 4. The zero-order valence-electron chi connectivity index (χ0n) is 16.5. The van der Waals surface area contributed by atoms with Gasteiger partial charge in [0.1, 0.15) is 5.75 Å². The largest absolute Gasteiger partial charge is 0.508 e. The number of hydrogen-bond donors (Lipinski definition) is 1. The topological polar surface area (TPSA) is 43.8 Å². The Labute approximate surface area is 172 Å². The molecular formula is C25H26N2O2. The number of phenolic OH excluding ortho intramolecular Hbond substituents is 1. The van der Waals surface area contributed by atoms with Crippen molar-refractivity contribution >= 4 is 11.5 Å². The fraction of sp³-hybridized carbons (Fsp3) is 0.240. The molecule has 0 unspecified atom stereocenters. The Hall–Kier alpha value is -3.11. The Morgan fingerprint density at radius 1 is 0.759 bits per heavy atom. The lowest BCUT2D eigenvalue weighted by molar-refractivity contribution is 0.0962. The lowest BCUT2D eigenvalue weighted by atomic mass is 10.0. The molecule has 0 saturated carbocycles. The van der Waals surface area contributed by atoms with Gasteiger partial charge in [-0.1, -0.05) is 54.6 Å². The molecule has 3 aromatic carbocycles. The molecule has 1 heterocycles. The molecule has 3 aromatic rings. The van der Waals surface area contributed by atoms with Gasteiger partial charge < -0.3 is 10.0 Å². The number of Topliss-reactive ketones (excluding diaryl/α,β-unsaturated/α-hetero) is 1. The normalized spacial score (nSPS) is 14.7. The van der Waals surface area contributed by atoms with Crippen molar-refractivity contribution in [2.75, 3.05) is 37.6 Å². The van der Waals surface area contributed by atoms with Crippen molar-refractivity contribution in [1.29, 1.82) is 0 Å². The van der Waals surface area contributed by atoms with Crippen LogP contribution in [0.5, 0.6) is 5.75 Å². The summed E-state index contributed by atoms with van der Waals surface area (Å²) in [6, 6.07) is 25.5. The second-order valence-corrected chi connectivity index (χ2v) is 7.46. The molecule has 0 amide bonds. The molecule has 29 heavy (non-hydrogen) atoms. The Balaban J connectivity index is 1.26. The lowest BCUT2D eigenvalue weighted by Crippen LogP contribution is -2.46. The average Bonchev–Trinajstić information content (AvgIpc) is 2.79. The molecule has 4 rings (SSSR count). The van der Waals surface area contributed by atoms with Crippen LogP contribution in [0.25, 0.3) is 11.1 Å². The van der Waals surface area contributed by atoms with Crippen molar-refractivity contribution in [3.63, 3.8) is 0 Å². The number of phenols is 1. The number of ketones is 1. The van der Waals surface area contributed by atoms with E-state index in [4.69, 9.17) is 0 Å². The van der Waals surface area contributed by atoms with Crippen molar-refractivity contribution in [1.82, 2.24) is 4.90 Å². The minimum Gasteiger partial charge on any atom is -0.508 e. The van der Waals surface area contributed by atoms with Gasteiger partial charge in [0.2, 0.25) is 0 Å². The first kappa shape index (κ1) is 19.2. The molecule has 1 saturated heterocycles. The minimum atomic E-state index is 0.200. The summed E-state index contributed by atoms with van der Waals surface area (Å²) in [5.41, 5.74) is 4.22. The first-order valence-electron chi connectivity index (χ1n) is 10.1. The van der Waals surface area contributed by atoms with Crippen LogP contribution in [0.3, 0.4) is 0 Å². The molecule has 0 radical (unpaired) electrons. The number of nitrogens with zero attached hydrogens (tertiary/aromatic N) is 2. The number of anilines is 1. The molecule has 1 N–H and O–H groups in total. The monoisotopic (exact) mass is 386 g/mol. The molecular weight excluding hydrogens is 360 g/mol. The highest BCUT2D eigenvalue weighted by Gasteiger charge is 2.18. The van der Waals surface area contributed by atoms with E-state index in [9.17, 15) is 9.90 Å². The van der Waals surface area contributed by atoms with Crippen LogP contribution < -0.4 is 4.90 Å². The van der Waals surface area contributed by atoms with Crippen LogP contribution in [0.4, 0.5) is 5.69 Å². The molecule has 0 spiro atoms. The van der Waals surface area contributed by atoms with E-state index in [1.165, 1.54) is 0 Å².